The summed E-state index contributed by atoms with van der Waals surface area (Å²) in [5.41, 5.74) is 1.17. The van der Waals surface area contributed by atoms with Gasteiger partial charge in [-0.3, -0.25) is 0 Å². The van der Waals surface area contributed by atoms with Crippen LogP contribution in [0.1, 0.15) is 39.7 Å². The van der Waals surface area contributed by atoms with E-state index in [9.17, 15) is 0 Å². The van der Waals surface area contributed by atoms with Gasteiger partial charge in [-0.2, -0.15) is 0 Å². The fraction of sp³-hybridized carbons (Fsp3) is 0.600. The average Bonchev–Trinajstić information content (AvgIpc) is 2.79. The number of rotatable bonds is 5. The molecule has 4 nitrogen and oxygen atoms in total. The molecule has 4 heteroatoms. The summed E-state index contributed by atoms with van der Waals surface area (Å²) in [6.45, 7) is 10.3. The van der Waals surface area contributed by atoms with E-state index in [0.29, 0.717) is 13.4 Å². The maximum absolute atomic E-state index is 5.80. The molecule has 0 saturated heterocycles. The molecule has 0 atom stereocenters. The van der Waals surface area contributed by atoms with Gasteiger partial charge in [0.15, 0.2) is 11.5 Å². The Balaban J connectivity index is 2.18. The molecule has 0 amide bonds. The molecular formula is C15H23NO3. The molecule has 1 aromatic carbocycles. The van der Waals surface area contributed by atoms with E-state index in [1.54, 1.807) is 0 Å². The quantitative estimate of drug-likeness (QED) is 0.888. The van der Waals surface area contributed by atoms with Crippen molar-refractivity contribution in [3.63, 3.8) is 0 Å². The van der Waals surface area contributed by atoms with Crippen molar-refractivity contribution in [3.05, 3.63) is 17.7 Å². The monoisotopic (exact) mass is 265 g/mol. The highest BCUT2D eigenvalue weighted by Crippen LogP contribution is 2.38. The maximum atomic E-state index is 5.80. The summed E-state index contributed by atoms with van der Waals surface area (Å²) < 4.78 is 16.6. The molecule has 0 aliphatic carbocycles. The van der Waals surface area contributed by atoms with Crippen LogP contribution in [-0.4, -0.2) is 18.9 Å². The van der Waals surface area contributed by atoms with Crippen molar-refractivity contribution in [2.45, 2.75) is 46.2 Å². The van der Waals surface area contributed by atoms with Crippen LogP contribution in [0.4, 0.5) is 0 Å². The molecule has 0 fully saturated rings. The Hall–Kier alpha value is -1.42. The smallest absolute Gasteiger partial charge is 0.231 e. The molecule has 0 unspecified atom stereocenters. The summed E-state index contributed by atoms with van der Waals surface area (Å²) in [7, 11) is 0. The van der Waals surface area contributed by atoms with Crippen molar-refractivity contribution in [1.29, 1.82) is 0 Å². The van der Waals surface area contributed by atoms with Gasteiger partial charge in [-0.05, 0) is 33.3 Å². The Morgan fingerprint density at radius 1 is 1.21 bits per heavy atom. The fourth-order valence-electron chi connectivity index (χ4n) is 1.81. The third-order valence-electron chi connectivity index (χ3n) is 2.83. The first-order chi connectivity index (χ1) is 8.99. The second-order valence-electron chi connectivity index (χ2n) is 5.77. The van der Waals surface area contributed by atoms with E-state index in [4.69, 9.17) is 14.2 Å². The van der Waals surface area contributed by atoms with E-state index in [1.165, 1.54) is 0 Å². The zero-order valence-electron chi connectivity index (χ0n) is 12.2. The van der Waals surface area contributed by atoms with Gasteiger partial charge in [0.2, 0.25) is 6.79 Å². The Bertz CT molecular complexity index is 438. The minimum Gasteiger partial charge on any atom is -0.493 e. The van der Waals surface area contributed by atoms with Gasteiger partial charge in [-0.1, -0.05) is 6.92 Å². The molecular weight excluding hydrogens is 242 g/mol. The van der Waals surface area contributed by atoms with E-state index in [0.717, 1.165) is 35.8 Å². The molecule has 19 heavy (non-hydrogen) atoms. The Morgan fingerprint density at radius 3 is 2.53 bits per heavy atom. The zero-order chi connectivity index (χ0) is 13.9. The fourth-order valence-corrected chi connectivity index (χ4v) is 1.81. The summed E-state index contributed by atoms with van der Waals surface area (Å²) in [5.74, 6) is 2.45. The van der Waals surface area contributed by atoms with Crippen molar-refractivity contribution >= 4 is 0 Å². The third kappa shape index (κ3) is 3.77. The maximum Gasteiger partial charge on any atom is 0.231 e. The molecule has 1 aromatic rings. The Kier molecular flexibility index (Phi) is 4.20. The molecule has 1 aliphatic rings. The SMILES string of the molecule is CCCOc1cc2c(cc1CNC(C)(C)C)OCO2. The van der Waals surface area contributed by atoms with E-state index in [1.807, 2.05) is 12.1 Å². The van der Waals surface area contributed by atoms with Crippen LogP contribution in [0.3, 0.4) is 0 Å². The molecule has 0 aromatic heterocycles. The first-order valence-electron chi connectivity index (χ1n) is 6.80. The predicted molar refractivity (Wildman–Crippen MR) is 74.9 cm³/mol. The summed E-state index contributed by atoms with van der Waals surface area (Å²) in [6.07, 6.45) is 0.987. The average molecular weight is 265 g/mol. The van der Waals surface area contributed by atoms with Crippen LogP contribution in [0.2, 0.25) is 0 Å². The molecule has 0 spiro atoms. The standard InChI is InChI=1S/C15H23NO3/c1-5-6-17-12-8-14-13(18-10-19-14)7-11(12)9-16-15(2,3)4/h7-8,16H,5-6,9-10H2,1-4H3. The van der Waals surface area contributed by atoms with E-state index in [2.05, 4.69) is 33.0 Å². The Labute approximate surface area is 115 Å². The highest BCUT2D eigenvalue weighted by Gasteiger charge is 2.19. The zero-order valence-corrected chi connectivity index (χ0v) is 12.2. The Morgan fingerprint density at radius 2 is 1.89 bits per heavy atom. The third-order valence-corrected chi connectivity index (χ3v) is 2.83. The number of fused-ring (bicyclic) bond motifs is 1. The van der Waals surface area contributed by atoms with Gasteiger partial charge in [0.25, 0.3) is 0 Å². The number of ether oxygens (including phenoxy) is 3. The van der Waals surface area contributed by atoms with Crippen molar-refractivity contribution < 1.29 is 14.2 Å². The second kappa shape index (κ2) is 5.70. The van der Waals surface area contributed by atoms with Crippen LogP contribution in [0.5, 0.6) is 17.2 Å². The normalized spacial score (nSPS) is 13.7. The number of benzene rings is 1. The number of hydrogen-bond donors (Lipinski definition) is 1. The molecule has 1 aliphatic heterocycles. The topological polar surface area (TPSA) is 39.7 Å². The number of hydrogen-bond acceptors (Lipinski definition) is 4. The van der Waals surface area contributed by atoms with Crippen molar-refractivity contribution in [2.24, 2.45) is 0 Å². The summed E-state index contributed by atoms with van der Waals surface area (Å²) in [6, 6.07) is 3.93. The van der Waals surface area contributed by atoms with Crippen LogP contribution in [-0.2, 0) is 6.54 Å². The van der Waals surface area contributed by atoms with Crippen molar-refractivity contribution in [1.82, 2.24) is 5.32 Å². The van der Waals surface area contributed by atoms with E-state index < -0.39 is 0 Å². The van der Waals surface area contributed by atoms with Crippen molar-refractivity contribution in [3.8, 4) is 17.2 Å². The second-order valence-corrected chi connectivity index (χ2v) is 5.77. The highest BCUT2D eigenvalue weighted by molar-refractivity contribution is 5.51. The van der Waals surface area contributed by atoms with Gasteiger partial charge in [-0.15, -0.1) is 0 Å². The summed E-state index contributed by atoms with van der Waals surface area (Å²) >= 11 is 0. The van der Waals surface area contributed by atoms with E-state index in [-0.39, 0.29) is 5.54 Å². The molecule has 106 valence electrons. The molecule has 1 N–H and O–H groups in total. The largest absolute Gasteiger partial charge is 0.493 e. The first-order valence-corrected chi connectivity index (χ1v) is 6.80. The van der Waals surface area contributed by atoms with E-state index >= 15 is 0 Å². The predicted octanol–water partition coefficient (Wildman–Crippen LogP) is 3.09. The van der Waals surface area contributed by atoms with Gasteiger partial charge in [0, 0.05) is 23.7 Å². The lowest BCUT2D eigenvalue weighted by molar-refractivity contribution is 0.173. The van der Waals surface area contributed by atoms with Crippen molar-refractivity contribution in [2.75, 3.05) is 13.4 Å². The summed E-state index contributed by atoms with van der Waals surface area (Å²) in [4.78, 5) is 0. The van der Waals surface area contributed by atoms with Gasteiger partial charge < -0.3 is 19.5 Å². The molecule has 1 heterocycles. The van der Waals surface area contributed by atoms with Crippen LogP contribution >= 0.6 is 0 Å². The van der Waals surface area contributed by atoms with Gasteiger partial charge in [0.1, 0.15) is 5.75 Å². The van der Waals surface area contributed by atoms with Gasteiger partial charge in [0.05, 0.1) is 6.61 Å². The molecule has 2 rings (SSSR count). The number of nitrogens with one attached hydrogen (secondary N) is 1. The van der Waals surface area contributed by atoms with Crippen LogP contribution < -0.4 is 19.5 Å². The lowest BCUT2D eigenvalue weighted by Crippen LogP contribution is -2.35. The lowest BCUT2D eigenvalue weighted by atomic mass is 10.1. The molecule has 0 saturated carbocycles. The molecule has 0 bridgehead atoms. The first kappa shape index (κ1) is 14.0. The minimum absolute atomic E-state index is 0.0679. The van der Waals surface area contributed by atoms with Crippen LogP contribution in [0.15, 0.2) is 12.1 Å². The lowest BCUT2D eigenvalue weighted by Gasteiger charge is -2.22. The van der Waals surface area contributed by atoms with Gasteiger partial charge >= 0.3 is 0 Å². The van der Waals surface area contributed by atoms with Crippen LogP contribution in [0, 0.1) is 0 Å². The highest BCUT2D eigenvalue weighted by atomic mass is 16.7. The molecule has 0 radical (unpaired) electrons. The minimum atomic E-state index is 0.0679. The van der Waals surface area contributed by atoms with Crippen LogP contribution in [0.25, 0.3) is 0 Å². The summed E-state index contributed by atoms with van der Waals surface area (Å²) in [5, 5.41) is 3.47. The van der Waals surface area contributed by atoms with Gasteiger partial charge in [-0.25, -0.2) is 0 Å².